The smallest absolute Gasteiger partial charge is 0.416 e. The van der Waals surface area contributed by atoms with Crippen molar-refractivity contribution in [3.8, 4) is 5.75 Å². The summed E-state index contributed by atoms with van der Waals surface area (Å²) in [7, 11) is 0. The van der Waals surface area contributed by atoms with Gasteiger partial charge in [-0.05, 0) is 47.4 Å². The minimum Gasteiger partial charge on any atom is -0.484 e. The van der Waals surface area contributed by atoms with Crippen LogP contribution in [0.25, 0.3) is 10.8 Å². The quantitative estimate of drug-likeness (QED) is 0.583. The van der Waals surface area contributed by atoms with Gasteiger partial charge in [-0.1, -0.05) is 48.5 Å². The fraction of sp³-hybridized carbons (Fsp3) is 0.320. The summed E-state index contributed by atoms with van der Waals surface area (Å²) >= 11 is 0. The molecule has 1 amide bonds. The number of hydrogen-bond acceptors (Lipinski definition) is 3. The number of carbonyl (C=O) groups excluding carboxylic acids is 1. The Morgan fingerprint density at radius 2 is 1.72 bits per heavy atom. The van der Waals surface area contributed by atoms with E-state index in [1.807, 2.05) is 42.5 Å². The lowest BCUT2D eigenvalue weighted by Crippen LogP contribution is -2.45. The van der Waals surface area contributed by atoms with Crippen LogP contribution in [-0.2, 0) is 17.5 Å². The van der Waals surface area contributed by atoms with E-state index in [1.165, 1.54) is 12.1 Å². The standard InChI is InChI=1S/C25H25F3N2O2/c26-25(27,28)21-7-3-4-18(14-21)16-30-12-10-22(11-13-30)29-24(31)17-32-23-9-8-19-5-1-2-6-20(19)15-23/h1-9,14-15,22H,10-13,16-17H2,(H,29,31). The molecular formula is C25H25F3N2O2. The lowest BCUT2D eigenvalue weighted by atomic mass is 10.0. The first-order valence-corrected chi connectivity index (χ1v) is 10.7. The highest BCUT2D eigenvalue weighted by molar-refractivity contribution is 5.84. The Morgan fingerprint density at radius 1 is 0.969 bits per heavy atom. The molecule has 0 spiro atoms. The van der Waals surface area contributed by atoms with Crippen LogP contribution >= 0.6 is 0 Å². The molecule has 168 valence electrons. The molecule has 4 nitrogen and oxygen atoms in total. The first-order valence-electron chi connectivity index (χ1n) is 10.7. The number of rotatable bonds is 6. The average molecular weight is 442 g/mol. The second-order valence-electron chi connectivity index (χ2n) is 8.11. The number of hydrogen-bond donors (Lipinski definition) is 1. The van der Waals surface area contributed by atoms with Crippen molar-refractivity contribution < 1.29 is 22.7 Å². The molecule has 32 heavy (non-hydrogen) atoms. The molecule has 0 aliphatic carbocycles. The zero-order valence-corrected chi connectivity index (χ0v) is 17.6. The van der Waals surface area contributed by atoms with Crippen LogP contribution in [0.2, 0.25) is 0 Å². The summed E-state index contributed by atoms with van der Waals surface area (Å²) < 4.78 is 44.3. The third kappa shape index (κ3) is 5.79. The van der Waals surface area contributed by atoms with Crippen molar-refractivity contribution in [2.45, 2.75) is 31.6 Å². The second kappa shape index (κ2) is 9.61. The van der Waals surface area contributed by atoms with Crippen molar-refractivity contribution in [2.24, 2.45) is 0 Å². The van der Waals surface area contributed by atoms with E-state index >= 15 is 0 Å². The van der Waals surface area contributed by atoms with E-state index in [0.717, 1.165) is 29.7 Å². The lowest BCUT2D eigenvalue weighted by molar-refractivity contribution is -0.137. The molecule has 1 N–H and O–H groups in total. The van der Waals surface area contributed by atoms with Crippen LogP contribution in [0, 0.1) is 0 Å². The fourth-order valence-electron chi connectivity index (χ4n) is 4.02. The van der Waals surface area contributed by atoms with Gasteiger partial charge in [0.25, 0.3) is 5.91 Å². The van der Waals surface area contributed by atoms with Gasteiger partial charge in [-0.3, -0.25) is 9.69 Å². The van der Waals surface area contributed by atoms with E-state index in [0.29, 0.717) is 30.9 Å². The average Bonchev–Trinajstić information content (AvgIpc) is 2.78. The predicted molar refractivity (Wildman–Crippen MR) is 117 cm³/mol. The van der Waals surface area contributed by atoms with Crippen LogP contribution in [0.4, 0.5) is 13.2 Å². The molecule has 7 heteroatoms. The number of benzene rings is 3. The monoisotopic (exact) mass is 442 g/mol. The van der Waals surface area contributed by atoms with Crippen molar-refractivity contribution in [3.05, 3.63) is 77.9 Å². The van der Waals surface area contributed by atoms with E-state index in [-0.39, 0.29) is 18.6 Å². The number of piperidine rings is 1. The topological polar surface area (TPSA) is 41.6 Å². The Labute approximate surface area is 185 Å². The van der Waals surface area contributed by atoms with Gasteiger partial charge in [0, 0.05) is 25.7 Å². The predicted octanol–water partition coefficient (Wildman–Crippen LogP) is 5.02. The Bertz CT molecular complexity index is 1080. The van der Waals surface area contributed by atoms with Gasteiger partial charge in [-0.15, -0.1) is 0 Å². The van der Waals surface area contributed by atoms with Crippen molar-refractivity contribution in [1.29, 1.82) is 0 Å². The van der Waals surface area contributed by atoms with Gasteiger partial charge < -0.3 is 10.1 Å². The summed E-state index contributed by atoms with van der Waals surface area (Å²) in [4.78, 5) is 14.4. The van der Waals surface area contributed by atoms with Crippen LogP contribution in [-0.4, -0.2) is 36.5 Å². The van der Waals surface area contributed by atoms with E-state index in [4.69, 9.17) is 4.74 Å². The van der Waals surface area contributed by atoms with Gasteiger partial charge in [0.2, 0.25) is 0 Å². The molecular weight excluding hydrogens is 417 g/mol. The molecule has 3 aromatic carbocycles. The molecule has 4 rings (SSSR count). The third-order valence-electron chi connectivity index (χ3n) is 5.70. The maximum Gasteiger partial charge on any atom is 0.416 e. The van der Waals surface area contributed by atoms with Crippen LogP contribution in [0.5, 0.6) is 5.75 Å². The Balaban J connectivity index is 1.22. The fourth-order valence-corrected chi connectivity index (χ4v) is 4.02. The molecule has 0 aromatic heterocycles. The van der Waals surface area contributed by atoms with Crippen LogP contribution in [0.3, 0.4) is 0 Å². The maximum absolute atomic E-state index is 12.9. The van der Waals surface area contributed by atoms with E-state index < -0.39 is 11.7 Å². The highest BCUT2D eigenvalue weighted by Crippen LogP contribution is 2.30. The third-order valence-corrected chi connectivity index (χ3v) is 5.70. The normalized spacial score (nSPS) is 15.6. The first-order chi connectivity index (χ1) is 15.4. The summed E-state index contributed by atoms with van der Waals surface area (Å²) in [5.41, 5.74) is 0.0228. The van der Waals surface area contributed by atoms with Gasteiger partial charge in [-0.2, -0.15) is 13.2 Å². The molecule has 1 aliphatic heterocycles. The molecule has 1 saturated heterocycles. The largest absolute Gasteiger partial charge is 0.484 e. The molecule has 3 aromatic rings. The number of fused-ring (bicyclic) bond motifs is 1. The van der Waals surface area contributed by atoms with E-state index in [1.54, 1.807) is 6.07 Å². The zero-order valence-electron chi connectivity index (χ0n) is 17.6. The summed E-state index contributed by atoms with van der Waals surface area (Å²) in [6.45, 7) is 1.85. The number of nitrogens with zero attached hydrogens (tertiary/aromatic N) is 1. The number of carbonyl (C=O) groups is 1. The summed E-state index contributed by atoms with van der Waals surface area (Å²) in [6.07, 6.45) is -2.83. The number of nitrogens with one attached hydrogen (secondary N) is 1. The molecule has 0 bridgehead atoms. The second-order valence-corrected chi connectivity index (χ2v) is 8.11. The highest BCUT2D eigenvalue weighted by atomic mass is 19.4. The Kier molecular flexibility index (Phi) is 6.65. The molecule has 1 fully saturated rings. The van der Waals surface area contributed by atoms with Gasteiger partial charge in [0.05, 0.1) is 5.56 Å². The SMILES string of the molecule is O=C(COc1ccc2ccccc2c1)NC1CCN(Cc2cccc(C(F)(F)F)c2)CC1. The van der Waals surface area contributed by atoms with Crippen molar-refractivity contribution in [3.63, 3.8) is 0 Å². The molecule has 0 atom stereocenters. The minimum atomic E-state index is -4.33. The number of ether oxygens (including phenoxy) is 1. The number of likely N-dealkylation sites (tertiary alicyclic amines) is 1. The van der Waals surface area contributed by atoms with Gasteiger partial charge in [0.1, 0.15) is 5.75 Å². The van der Waals surface area contributed by atoms with Gasteiger partial charge in [-0.25, -0.2) is 0 Å². The van der Waals surface area contributed by atoms with Crippen LogP contribution in [0.15, 0.2) is 66.7 Å². The molecule has 0 saturated carbocycles. The summed E-state index contributed by atoms with van der Waals surface area (Å²) in [5.74, 6) is 0.476. The highest BCUT2D eigenvalue weighted by Gasteiger charge is 2.30. The zero-order chi connectivity index (χ0) is 22.6. The summed E-state index contributed by atoms with van der Waals surface area (Å²) in [5, 5.41) is 5.17. The minimum absolute atomic E-state index is 0.0421. The maximum atomic E-state index is 12.9. The van der Waals surface area contributed by atoms with Gasteiger partial charge >= 0.3 is 6.18 Å². The first kappa shape index (κ1) is 22.1. The van der Waals surface area contributed by atoms with Crippen LogP contribution < -0.4 is 10.1 Å². The molecule has 0 radical (unpaired) electrons. The summed E-state index contributed by atoms with van der Waals surface area (Å²) in [6, 6.07) is 19.2. The van der Waals surface area contributed by atoms with Crippen molar-refractivity contribution in [1.82, 2.24) is 10.2 Å². The van der Waals surface area contributed by atoms with Crippen molar-refractivity contribution in [2.75, 3.05) is 19.7 Å². The van der Waals surface area contributed by atoms with E-state index in [2.05, 4.69) is 10.2 Å². The molecule has 0 unspecified atom stereocenters. The van der Waals surface area contributed by atoms with E-state index in [9.17, 15) is 18.0 Å². The van der Waals surface area contributed by atoms with Gasteiger partial charge in [0.15, 0.2) is 6.61 Å². The molecule has 1 aliphatic rings. The number of alkyl halides is 3. The van der Waals surface area contributed by atoms with Crippen molar-refractivity contribution >= 4 is 16.7 Å². The molecule has 1 heterocycles. The Morgan fingerprint density at radius 3 is 2.47 bits per heavy atom. The number of halogens is 3. The van der Waals surface area contributed by atoms with Crippen LogP contribution in [0.1, 0.15) is 24.0 Å². The number of amides is 1. The lowest BCUT2D eigenvalue weighted by Gasteiger charge is -2.32. The Hall–Kier alpha value is -3.06.